The van der Waals surface area contributed by atoms with Crippen LogP contribution < -0.4 is 0 Å². The van der Waals surface area contributed by atoms with E-state index in [1.165, 1.54) is 0 Å². The second-order valence-corrected chi connectivity index (χ2v) is 3.31. The number of aromatic nitrogens is 3. The van der Waals surface area contributed by atoms with Gasteiger partial charge in [-0.2, -0.15) is 0 Å². The van der Waals surface area contributed by atoms with Crippen molar-refractivity contribution >= 4 is 22.6 Å². The minimum Gasteiger partial charge on any atom is -0.239 e. The van der Waals surface area contributed by atoms with Gasteiger partial charge >= 0.3 is 0 Å². The Morgan fingerprint density at radius 2 is 1.92 bits per heavy atom. The zero-order valence-corrected chi connectivity index (χ0v) is 8.13. The molecule has 0 aromatic carbocycles. The number of pyridine rings is 1. The van der Waals surface area contributed by atoms with Gasteiger partial charge in [-0.15, -0.1) is 0 Å². The minimum absolute atomic E-state index is 0.489. The van der Waals surface area contributed by atoms with E-state index >= 15 is 0 Å². The van der Waals surface area contributed by atoms with Crippen molar-refractivity contribution in [1.82, 2.24) is 15.0 Å². The molecule has 2 aromatic heterocycles. The molecule has 2 aromatic rings. The monoisotopic (exact) mass is 193 g/mol. The van der Waals surface area contributed by atoms with Gasteiger partial charge in [0.05, 0.1) is 11.2 Å². The van der Waals surface area contributed by atoms with E-state index in [1.807, 2.05) is 13.8 Å². The maximum atomic E-state index is 5.83. The first-order valence-electron chi connectivity index (χ1n) is 3.93. The lowest BCUT2D eigenvalue weighted by molar-refractivity contribution is 1.12. The molecule has 0 fully saturated rings. The molecule has 66 valence electrons. The van der Waals surface area contributed by atoms with E-state index in [-0.39, 0.29) is 0 Å². The van der Waals surface area contributed by atoms with Crippen LogP contribution in [-0.2, 0) is 0 Å². The molecule has 0 atom stereocenters. The molecule has 0 unspecified atom stereocenters. The normalized spacial score (nSPS) is 10.7. The van der Waals surface area contributed by atoms with Gasteiger partial charge < -0.3 is 0 Å². The summed E-state index contributed by atoms with van der Waals surface area (Å²) >= 11 is 5.83. The molecule has 0 aliphatic carbocycles. The maximum absolute atomic E-state index is 5.83. The predicted octanol–water partition coefficient (Wildman–Crippen LogP) is 2.30. The van der Waals surface area contributed by atoms with Crippen LogP contribution in [0.1, 0.15) is 11.3 Å². The van der Waals surface area contributed by atoms with Gasteiger partial charge in [-0.05, 0) is 25.5 Å². The number of fused-ring (bicyclic) bond motifs is 1. The van der Waals surface area contributed by atoms with Crippen LogP contribution in [0.15, 0.2) is 12.4 Å². The summed E-state index contributed by atoms with van der Waals surface area (Å²) < 4.78 is 0. The molecular weight excluding hydrogens is 186 g/mol. The summed E-state index contributed by atoms with van der Waals surface area (Å²) in [5.41, 5.74) is 3.54. The Balaban J connectivity index is 2.94. The summed E-state index contributed by atoms with van der Waals surface area (Å²) in [6, 6.07) is 1.80. The van der Waals surface area contributed by atoms with Crippen LogP contribution in [0.5, 0.6) is 0 Å². The number of nitrogens with zero attached hydrogens (tertiary/aromatic N) is 3. The zero-order valence-electron chi connectivity index (χ0n) is 7.37. The molecule has 2 heterocycles. The molecule has 0 radical (unpaired) electrons. The van der Waals surface area contributed by atoms with E-state index in [9.17, 15) is 0 Å². The highest BCUT2D eigenvalue weighted by Gasteiger charge is 2.04. The van der Waals surface area contributed by atoms with Crippen molar-refractivity contribution in [3.8, 4) is 0 Å². The molecule has 13 heavy (non-hydrogen) atoms. The zero-order chi connectivity index (χ0) is 9.42. The summed E-state index contributed by atoms with van der Waals surface area (Å²) in [6.45, 7) is 3.86. The average molecular weight is 194 g/mol. The third-order valence-electron chi connectivity index (χ3n) is 1.93. The molecular formula is C9H8ClN3. The molecule has 0 spiro atoms. The van der Waals surface area contributed by atoms with Crippen LogP contribution in [0.2, 0.25) is 5.15 Å². The Morgan fingerprint density at radius 3 is 2.69 bits per heavy atom. The van der Waals surface area contributed by atoms with E-state index in [0.29, 0.717) is 5.15 Å². The van der Waals surface area contributed by atoms with Crippen molar-refractivity contribution in [3.05, 3.63) is 28.8 Å². The number of rotatable bonds is 0. The molecule has 0 aliphatic rings. The minimum atomic E-state index is 0.489. The molecule has 3 nitrogen and oxygen atoms in total. The van der Waals surface area contributed by atoms with Gasteiger partial charge in [0.25, 0.3) is 0 Å². The van der Waals surface area contributed by atoms with E-state index in [2.05, 4.69) is 15.0 Å². The second kappa shape index (κ2) is 2.92. The molecule has 2 rings (SSSR count). The van der Waals surface area contributed by atoms with Crippen molar-refractivity contribution in [1.29, 1.82) is 0 Å². The largest absolute Gasteiger partial charge is 0.239 e. The fraction of sp³-hybridized carbons (Fsp3) is 0.222. The molecule has 0 saturated heterocycles. The molecule has 0 N–H and O–H groups in total. The number of hydrogen-bond acceptors (Lipinski definition) is 3. The van der Waals surface area contributed by atoms with Crippen LogP contribution >= 0.6 is 11.6 Å². The quantitative estimate of drug-likeness (QED) is 0.603. The highest BCUT2D eigenvalue weighted by molar-refractivity contribution is 6.29. The van der Waals surface area contributed by atoms with Gasteiger partial charge in [-0.1, -0.05) is 11.6 Å². The van der Waals surface area contributed by atoms with Gasteiger partial charge in [0, 0.05) is 0 Å². The van der Waals surface area contributed by atoms with Crippen LogP contribution in [0.3, 0.4) is 0 Å². The van der Waals surface area contributed by atoms with Crippen molar-refractivity contribution in [2.75, 3.05) is 0 Å². The van der Waals surface area contributed by atoms with E-state index in [0.717, 1.165) is 22.3 Å². The number of hydrogen-bond donors (Lipinski definition) is 0. The average Bonchev–Trinajstić information content (AvgIpc) is 2.07. The lowest BCUT2D eigenvalue weighted by atomic mass is 10.2. The van der Waals surface area contributed by atoms with Crippen molar-refractivity contribution in [2.24, 2.45) is 0 Å². The third-order valence-corrected chi connectivity index (χ3v) is 2.13. The molecule has 0 aliphatic heterocycles. The van der Waals surface area contributed by atoms with Gasteiger partial charge in [-0.25, -0.2) is 15.0 Å². The van der Waals surface area contributed by atoms with E-state index < -0.39 is 0 Å². The van der Waals surface area contributed by atoms with E-state index in [4.69, 9.17) is 11.6 Å². The highest BCUT2D eigenvalue weighted by atomic mass is 35.5. The Labute approximate surface area is 80.8 Å². The van der Waals surface area contributed by atoms with Crippen LogP contribution in [-0.4, -0.2) is 15.0 Å². The Bertz CT molecular complexity index is 468. The Hall–Kier alpha value is -1.22. The van der Waals surface area contributed by atoms with Gasteiger partial charge in [0.1, 0.15) is 17.0 Å². The smallest absolute Gasteiger partial charge is 0.130 e. The van der Waals surface area contributed by atoms with Crippen LogP contribution in [0, 0.1) is 13.8 Å². The number of aryl methyl sites for hydroxylation is 2. The third kappa shape index (κ3) is 1.35. The molecule has 0 bridgehead atoms. The standard InChI is InChI=1S/C9H8ClN3/c1-5-3-7(10)13-9-6(2)11-4-12-8(5)9/h3-4H,1-2H3. The van der Waals surface area contributed by atoms with E-state index in [1.54, 1.807) is 12.4 Å². The van der Waals surface area contributed by atoms with Gasteiger partial charge in [0.2, 0.25) is 0 Å². The first-order chi connectivity index (χ1) is 6.18. The maximum Gasteiger partial charge on any atom is 0.130 e. The highest BCUT2D eigenvalue weighted by Crippen LogP contribution is 2.18. The first kappa shape index (κ1) is 8.38. The summed E-state index contributed by atoms with van der Waals surface area (Å²) in [6.07, 6.45) is 1.54. The van der Waals surface area contributed by atoms with Gasteiger partial charge in [0.15, 0.2) is 0 Å². The molecule has 0 amide bonds. The fourth-order valence-electron chi connectivity index (χ4n) is 1.28. The summed E-state index contributed by atoms with van der Waals surface area (Å²) in [5, 5.41) is 0.489. The van der Waals surface area contributed by atoms with Crippen molar-refractivity contribution in [3.63, 3.8) is 0 Å². The lowest BCUT2D eigenvalue weighted by Crippen LogP contribution is -1.93. The summed E-state index contributed by atoms with van der Waals surface area (Å²) in [4.78, 5) is 12.4. The lowest BCUT2D eigenvalue weighted by Gasteiger charge is -2.02. The number of halogens is 1. The van der Waals surface area contributed by atoms with Crippen molar-refractivity contribution in [2.45, 2.75) is 13.8 Å². The first-order valence-corrected chi connectivity index (χ1v) is 4.31. The molecule has 0 saturated carbocycles. The fourth-order valence-corrected chi connectivity index (χ4v) is 1.52. The summed E-state index contributed by atoms with van der Waals surface area (Å²) in [5.74, 6) is 0. The second-order valence-electron chi connectivity index (χ2n) is 2.92. The van der Waals surface area contributed by atoms with Crippen LogP contribution in [0.4, 0.5) is 0 Å². The van der Waals surface area contributed by atoms with Crippen molar-refractivity contribution < 1.29 is 0 Å². The SMILES string of the molecule is Cc1cc(Cl)nc2c(C)ncnc12. The van der Waals surface area contributed by atoms with Gasteiger partial charge in [-0.3, -0.25) is 0 Å². The predicted molar refractivity (Wildman–Crippen MR) is 51.8 cm³/mol. The summed E-state index contributed by atoms with van der Waals surface area (Å²) in [7, 11) is 0. The molecule has 4 heteroatoms. The van der Waals surface area contributed by atoms with Crippen LogP contribution in [0.25, 0.3) is 11.0 Å². The topological polar surface area (TPSA) is 38.7 Å². The Kier molecular flexibility index (Phi) is 1.88. The Morgan fingerprint density at radius 1 is 1.15 bits per heavy atom.